The number of nitrogens with zero attached hydrogens (tertiary/aromatic N) is 2. The zero-order valence-corrected chi connectivity index (χ0v) is 9.87. The van der Waals surface area contributed by atoms with Crippen LogP contribution in [0, 0.1) is 0 Å². The minimum Gasteiger partial charge on any atom is -0.360 e. The first-order valence-electron chi connectivity index (χ1n) is 5.44. The number of nitrogens with one attached hydrogen (secondary N) is 2. The van der Waals surface area contributed by atoms with E-state index < -0.39 is 12.0 Å². The first kappa shape index (κ1) is 12.6. The molecule has 1 atom stereocenters. The van der Waals surface area contributed by atoms with Crippen molar-refractivity contribution < 1.29 is 13.2 Å². The Hall–Kier alpha value is -0.890. The van der Waals surface area contributed by atoms with Gasteiger partial charge in [0.2, 0.25) is 11.0 Å². The van der Waals surface area contributed by atoms with E-state index in [4.69, 9.17) is 0 Å². The van der Waals surface area contributed by atoms with Gasteiger partial charge in [0.25, 0.3) is 0 Å². The molecule has 0 unspecified atom stereocenters. The molecule has 0 spiro atoms. The van der Waals surface area contributed by atoms with Crippen molar-refractivity contribution in [2.75, 3.05) is 18.4 Å². The summed E-state index contributed by atoms with van der Waals surface area (Å²) in [6.07, 6.45) is -1.27. The van der Waals surface area contributed by atoms with Crippen molar-refractivity contribution >= 4 is 16.7 Å². The predicted octanol–water partition coefficient (Wildman–Crippen LogP) is 2.11. The second kappa shape index (κ2) is 5.18. The van der Waals surface area contributed by atoms with E-state index in [-0.39, 0.29) is 5.13 Å². The fourth-order valence-electron chi connectivity index (χ4n) is 1.77. The van der Waals surface area contributed by atoms with Crippen LogP contribution in [-0.4, -0.2) is 28.5 Å². The van der Waals surface area contributed by atoms with E-state index in [0.29, 0.717) is 12.6 Å². The molecule has 0 aromatic carbocycles. The van der Waals surface area contributed by atoms with Gasteiger partial charge in [-0.3, -0.25) is 0 Å². The highest BCUT2D eigenvalue weighted by molar-refractivity contribution is 7.09. The lowest BCUT2D eigenvalue weighted by atomic mass is 10.2. The molecule has 1 fully saturated rings. The van der Waals surface area contributed by atoms with Crippen LogP contribution in [0.4, 0.5) is 18.3 Å². The molecule has 0 amide bonds. The molecule has 2 N–H and O–H groups in total. The van der Waals surface area contributed by atoms with Gasteiger partial charge in [-0.25, -0.2) is 0 Å². The molecule has 0 aliphatic carbocycles. The zero-order chi connectivity index (χ0) is 12.3. The standard InChI is InChI=1S/C9H13F3N4S/c10-9(11,12)7-15-8(17-16-7)14-5-3-6-2-1-4-13-6/h6,13H,1-5H2,(H,14,15,16)/t6-/m0/s1. The number of aromatic nitrogens is 2. The first-order chi connectivity index (χ1) is 8.05. The third kappa shape index (κ3) is 3.53. The Morgan fingerprint density at radius 1 is 1.47 bits per heavy atom. The Morgan fingerprint density at radius 2 is 2.29 bits per heavy atom. The van der Waals surface area contributed by atoms with Crippen LogP contribution >= 0.6 is 11.5 Å². The molecule has 0 radical (unpaired) electrons. The molecule has 1 aromatic rings. The smallest absolute Gasteiger partial charge is 0.360 e. The summed E-state index contributed by atoms with van der Waals surface area (Å²) in [5.74, 6) is -1.07. The van der Waals surface area contributed by atoms with Crippen molar-refractivity contribution in [1.82, 2.24) is 14.7 Å². The third-order valence-electron chi connectivity index (χ3n) is 2.61. The van der Waals surface area contributed by atoms with Gasteiger partial charge in [0.05, 0.1) is 0 Å². The van der Waals surface area contributed by atoms with Crippen molar-refractivity contribution in [1.29, 1.82) is 0 Å². The maximum atomic E-state index is 12.2. The summed E-state index contributed by atoms with van der Waals surface area (Å²) in [5, 5.41) is 6.42. The van der Waals surface area contributed by atoms with Gasteiger partial charge in [-0.1, -0.05) is 0 Å². The molecule has 2 heterocycles. The molecule has 4 nitrogen and oxygen atoms in total. The lowest BCUT2D eigenvalue weighted by Crippen LogP contribution is -2.24. The minimum atomic E-state index is -4.45. The van der Waals surface area contributed by atoms with E-state index in [1.54, 1.807) is 0 Å². The highest BCUT2D eigenvalue weighted by Crippen LogP contribution is 2.28. The first-order valence-corrected chi connectivity index (χ1v) is 6.21. The van der Waals surface area contributed by atoms with E-state index >= 15 is 0 Å². The average Bonchev–Trinajstić information content (AvgIpc) is 2.86. The molecular weight excluding hydrogens is 253 g/mol. The van der Waals surface area contributed by atoms with Crippen molar-refractivity contribution in [2.24, 2.45) is 0 Å². The summed E-state index contributed by atoms with van der Waals surface area (Å²) in [6.45, 7) is 1.64. The average molecular weight is 266 g/mol. The van der Waals surface area contributed by atoms with Gasteiger partial charge in [0.1, 0.15) is 0 Å². The Balaban J connectivity index is 1.77. The molecule has 0 saturated carbocycles. The van der Waals surface area contributed by atoms with E-state index in [1.807, 2.05) is 0 Å². The van der Waals surface area contributed by atoms with E-state index in [0.717, 1.165) is 30.9 Å². The monoisotopic (exact) mass is 266 g/mol. The summed E-state index contributed by atoms with van der Waals surface area (Å²) in [4.78, 5) is 3.40. The largest absolute Gasteiger partial charge is 0.452 e. The van der Waals surface area contributed by atoms with Gasteiger partial charge < -0.3 is 10.6 Å². The van der Waals surface area contributed by atoms with Crippen LogP contribution in [-0.2, 0) is 6.18 Å². The molecule has 1 saturated heterocycles. The topological polar surface area (TPSA) is 49.8 Å². The van der Waals surface area contributed by atoms with E-state index in [1.165, 1.54) is 6.42 Å². The Morgan fingerprint density at radius 3 is 2.88 bits per heavy atom. The van der Waals surface area contributed by atoms with E-state index in [9.17, 15) is 13.2 Å². The fraction of sp³-hybridized carbons (Fsp3) is 0.778. The SMILES string of the molecule is FC(F)(F)c1nsc(NCC[C@@H]2CCCN2)n1. The molecule has 1 aromatic heterocycles. The van der Waals surface area contributed by atoms with Crippen LogP contribution in [0.5, 0.6) is 0 Å². The second-order valence-electron chi connectivity index (χ2n) is 3.93. The highest BCUT2D eigenvalue weighted by atomic mass is 32.1. The number of rotatable bonds is 4. The quantitative estimate of drug-likeness (QED) is 0.876. The molecule has 96 valence electrons. The van der Waals surface area contributed by atoms with Crippen molar-refractivity contribution in [3.05, 3.63) is 5.82 Å². The fourth-order valence-corrected chi connectivity index (χ4v) is 2.38. The summed E-state index contributed by atoms with van der Waals surface area (Å²) in [5.41, 5.74) is 0. The Bertz CT molecular complexity index is 359. The zero-order valence-electron chi connectivity index (χ0n) is 9.05. The van der Waals surface area contributed by atoms with Crippen LogP contribution in [0.1, 0.15) is 25.1 Å². The van der Waals surface area contributed by atoms with Crippen LogP contribution in [0.25, 0.3) is 0 Å². The van der Waals surface area contributed by atoms with Crippen LogP contribution in [0.3, 0.4) is 0 Å². The van der Waals surface area contributed by atoms with Gasteiger partial charge >= 0.3 is 6.18 Å². The van der Waals surface area contributed by atoms with Crippen molar-refractivity contribution in [3.8, 4) is 0 Å². The molecule has 17 heavy (non-hydrogen) atoms. The maximum absolute atomic E-state index is 12.2. The Kier molecular flexibility index (Phi) is 3.82. The van der Waals surface area contributed by atoms with Crippen LogP contribution < -0.4 is 10.6 Å². The lowest BCUT2D eigenvalue weighted by molar-refractivity contribution is -0.144. The number of hydrogen-bond donors (Lipinski definition) is 2. The van der Waals surface area contributed by atoms with Gasteiger partial charge in [0.15, 0.2) is 0 Å². The molecule has 8 heteroatoms. The van der Waals surface area contributed by atoms with Gasteiger partial charge in [-0.05, 0) is 25.8 Å². The van der Waals surface area contributed by atoms with Crippen molar-refractivity contribution in [3.63, 3.8) is 0 Å². The summed E-state index contributed by atoms with van der Waals surface area (Å²) >= 11 is 0.746. The number of hydrogen-bond acceptors (Lipinski definition) is 5. The van der Waals surface area contributed by atoms with Gasteiger partial charge in [0, 0.05) is 24.1 Å². The van der Waals surface area contributed by atoms with Crippen LogP contribution in [0.2, 0.25) is 0 Å². The summed E-state index contributed by atoms with van der Waals surface area (Å²) in [7, 11) is 0. The van der Waals surface area contributed by atoms with Gasteiger partial charge in [-0.15, -0.1) is 0 Å². The van der Waals surface area contributed by atoms with Crippen molar-refractivity contribution in [2.45, 2.75) is 31.5 Å². The summed E-state index contributed by atoms with van der Waals surface area (Å²) < 4.78 is 39.9. The second-order valence-corrected chi connectivity index (χ2v) is 4.68. The molecule has 1 aliphatic heterocycles. The number of alkyl halides is 3. The summed E-state index contributed by atoms with van der Waals surface area (Å²) in [6, 6.07) is 0.470. The molecule has 2 rings (SSSR count). The molecule has 0 bridgehead atoms. The maximum Gasteiger partial charge on any atom is 0.452 e. The molecule has 1 aliphatic rings. The highest BCUT2D eigenvalue weighted by Gasteiger charge is 2.36. The normalized spacial score (nSPS) is 20.8. The third-order valence-corrected chi connectivity index (χ3v) is 3.28. The number of anilines is 1. The molecular formula is C9H13F3N4S. The Labute approximate surface area is 101 Å². The van der Waals surface area contributed by atoms with Gasteiger partial charge in [-0.2, -0.15) is 22.5 Å². The number of halogens is 3. The van der Waals surface area contributed by atoms with E-state index in [2.05, 4.69) is 20.0 Å². The predicted molar refractivity (Wildman–Crippen MR) is 59.0 cm³/mol. The van der Waals surface area contributed by atoms with Crippen LogP contribution in [0.15, 0.2) is 0 Å². The minimum absolute atomic E-state index is 0.232. The lowest BCUT2D eigenvalue weighted by Gasteiger charge is -2.09.